The molecule has 7 heteroatoms. The quantitative estimate of drug-likeness (QED) is 0.840. The van der Waals surface area contributed by atoms with Gasteiger partial charge < -0.3 is 15.0 Å². The zero-order valence-electron chi connectivity index (χ0n) is 13.0. The maximum Gasteiger partial charge on any atom is 0.407 e. The molecule has 2 unspecified atom stereocenters. The predicted molar refractivity (Wildman–Crippen MR) is 83.0 cm³/mol. The van der Waals surface area contributed by atoms with Gasteiger partial charge in [-0.1, -0.05) is 6.92 Å². The Labute approximate surface area is 130 Å². The number of rotatable bonds is 3. The number of ether oxygens (including phenoxy) is 1. The van der Waals surface area contributed by atoms with Crippen LogP contribution >= 0.6 is 11.9 Å². The smallest absolute Gasteiger partial charge is 0.407 e. The Balaban J connectivity index is 1.79. The molecule has 0 aromatic carbocycles. The van der Waals surface area contributed by atoms with Gasteiger partial charge in [-0.2, -0.15) is 0 Å². The average molecular weight is 312 g/mol. The highest BCUT2D eigenvalue weighted by Gasteiger charge is 2.29. The number of aromatic nitrogens is 2. The lowest BCUT2D eigenvalue weighted by Crippen LogP contribution is -2.49. The Bertz CT molecular complexity index is 458. The van der Waals surface area contributed by atoms with Crippen molar-refractivity contribution in [1.29, 1.82) is 0 Å². The summed E-state index contributed by atoms with van der Waals surface area (Å²) in [6.45, 7) is 9.61. The molecule has 1 saturated heterocycles. The molecule has 2 rings (SSSR count). The molecular weight excluding hydrogens is 288 g/mol. The Hall–Kier alpha value is -1.21. The Kier molecular flexibility index (Phi) is 5.16. The molecule has 1 aromatic rings. The number of carbonyl (C=O) groups excluding carboxylic acids is 1. The first-order valence-electron chi connectivity index (χ1n) is 7.25. The number of amides is 1. The molecule has 1 amide bonds. The van der Waals surface area contributed by atoms with Crippen molar-refractivity contribution in [2.45, 2.75) is 50.8 Å². The first-order chi connectivity index (χ1) is 9.83. The molecule has 21 heavy (non-hydrogen) atoms. The van der Waals surface area contributed by atoms with Crippen LogP contribution in [-0.4, -0.2) is 45.1 Å². The van der Waals surface area contributed by atoms with Crippen LogP contribution in [-0.2, 0) is 4.74 Å². The number of nitrogens with one attached hydrogen (secondary N) is 2. The fourth-order valence-electron chi connectivity index (χ4n) is 2.29. The molecule has 1 fully saturated rings. The number of H-pyrrole nitrogens is 1. The van der Waals surface area contributed by atoms with Crippen LogP contribution in [0, 0.1) is 5.92 Å². The minimum absolute atomic E-state index is 0.163. The number of hydrogen-bond donors (Lipinski definition) is 2. The van der Waals surface area contributed by atoms with Gasteiger partial charge in [-0.25, -0.2) is 14.1 Å². The largest absolute Gasteiger partial charge is 0.444 e. The molecule has 0 bridgehead atoms. The molecule has 1 aromatic heterocycles. The summed E-state index contributed by atoms with van der Waals surface area (Å²) >= 11 is 1.65. The summed E-state index contributed by atoms with van der Waals surface area (Å²) in [7, 11) is 0. The van der Waals surface area contributed by atoms with E-state index >= 15 is 0 Å². The summed E-state index contributed by atoms with van der Waals surface area (Å²) in [5, 5.41) is 3.96. The third kappa shape index (κ3) is 5.24. The summed E-state index contributed by atoms with van der Waals surface area (Å²) < 4.78 is 7.60. The minimum atomic E-state index is -0.455. The minimum Gasteiger partial charge on any atom is -0.444 e. The van der Waals surface area contributed by atoms with E-state index in [0.29, 0.717) is 5.92 Å². The molecule has 6 nitrogen and oxygen atoms in total. The summed E-state index contributed by atoms with van der Waals surface area (Å²) in [5.41, 5.74) is -0.455. The van der Waals surface area contributed by atoms with Crippen LogP contribution in [0.2, 0.25) is 0 Å². The number of imidazole rings is 1. The number of carbonyl (C=O) groups is 1. The molecular formula is C14H24N4O2S. The molecule has 2 heterocycles. The monoisotopic (exact) mass is 312 g/mol. The molecule has 0 aliphatic carbocycles. The Morgan fingerprint density at radius 3 is 2.90 bits per heavy atom. The molecule has 2 N–H and O–H groups in total. The van der Waals surface area contributed by atoms with Gasteiger partial charge in [-0.15, -0.1) is 0 Å². The standard InChI is InChI=1S/C14H24N4O2S/c1-10-8-18(21-12-7-15-9-16-12)6-5-11(10)17-13(19)20-14(2,3)4/h7,9-11H,5-6,8H2,1-4H3,(H,15,16)(H,17,19). The van der Waals surface area contributed by atoms with Gasteiger partial charge in [-0.05, 0) is 45.1 Å². The number of alkyl carbamates (subject to hydrolysis) is 1. The second kappa shape index (κ2) is 6.70. The normalized spacial score (nSPS) is 23.8. The van der Waals surface area contributed by atoms with Gasteiger partial charge in [0.25, 0.3) is 0 Å². The summed E-state index contributed by atoms with van der Waals surface area (Å²) in [4.78, 5) is 19.0. The van der Waals surface area contributed by atoms with Crippen LogP contribution in [0.15, 0.2) is 17.6 Å². The molecule has 1 aliphatic heterocycles. The number of hydrogen-bond acceptors (Lipinski definition) is 5. The average Bonchev–Trinajstić information content (AvgIpc) is 2.83. The number of aromatic amines is 1. The van der Waals surface area contributed by atoms with Crippen LogP contribution in [0.4, 0.5) is 4.79 Å². The fraction of sp³-hybridized carbons (Fsp3) is 0.714. The SMILES string of the molecule is CC1CN(Sc2c[nH]cn2)CCC1NC(=O)OC(C)(C)C. The highest BCUT2D eigenvalue weighted by Crippen LogP contribution is 2.27. The van der Waals surface area contributed by atoms with Crippen LogP contribution in [0.1, 0.15) is 34.1 Å². The van der Waals surface area contributed by atoms with Gasteiger partial charge >= 0.3 is 6.09 Å². The zero-order valence-corrected chi connectivity index (χ0v) is 13.9. The van der Waals surface area contributed by atoms with Gasteiger partial charge in [0.05, 0.1) is 6.33 Å². The molecule has 0 saturated carbocycles. The van der Waals surface area contributed by atoms with Crippen molar-refractivity contribution in [3.05, 3.63) is 12.5 Å². The van der Waals surface area contributed by atoms with E-state index in [-0.39, 0.29) is 12.1 Å². The lowest BCUT2D eigenvalue weighted by molar-refractivity contribution is 0.0467. The molecule has 0 radical (unpaired) electrons. The van der Waals surface area contributed by atoms with Crippen molar-refractivity contribution >= 4 is 18.0 Å². The van der Waals surface area contributed by atoms with Gasteiger partial charge in [-0.3, -0.25) is 0 Å². The fourth-order valence-corrected chi connectivity index (χ4v) is 3.28. The molecule has 2 atom stereocenters. The summed E-state index contributed by atoms with van der Waals surface area (Å²) in [6, 6.07) is 0.163. The van der Waals surface area contributed by atoms with E-state index in [2.05, 4.69) is 26.5 Å². The second-order valence-electron chi connectivity index (χ2n) is 6.41. The first kappa shape index (κ1) is 16.2. The van der Waals surface area contributed by atoms with E-state index in [9.17, 15) is 4.79 Å². The molecule has 0 spiro atoms. The van der Waals surface area contributed by atoms with Gasteiger partial charge in [0.15, 0.2) is 0 Å². The lowest BCUT2D eigenvalue weighted by Gasteiger charge is -2.36. The lowest BCUT2D eigenvalue weighted by atomic mass is 9.95. The third-order valence-corrected chi connectivity index (χ3v) is 4.27. The zero-order chi connectivity index (χ0) is 15.5. The van der Waals surface area contributed by atoms with Gasteiger partial charge in [0, 0.05) is 25.3 Å². The topological polar surface area (TPSA) is 70.2 Å². The van der Waals surface area contributed by atoms with E-state index in [1.807, 2.05) is 27.0 Å². The Morgan fingerprint density at radius 2 is 2.33 bits per heavy atom. The molecule has 1 aliphatic rings. The van der Waals surface area contributed by atoms with Crippen LogP contribution in [0.3, 0.4) is 0 Å². The molecule has 118 valence electrons. The second-order valence-corrected chi connectivity index (χ2v) is 7.52. The van der Waals surface area contributed by atoms with Crippen molar-refractivity contribution in [2.75, 3.05) is 13.1 Å². The highest BCUT2D eigenvalue weighted by atomic mass is 32.2. The maximum atomic E-state index is 11.8. The highest BCUT2D eigenvalue weighted by molar-refractivity contribution is 7.97. The van der Waals surface area contributed by atoms with Gasteiger partial charge in [0.2, 0.25) is 0 Å². The van der Waals surface area contributed by atoms with E-state index in [0.717, 1.165) is 24.5 Å². The van der Waals surface area contributed by atoms with Crippen LogP contribution < -0.4 is 5.32 Å². The van der Waals surface area contributed by atoms with Crippen molar-refractivity contribution in [2.24, 2.45) is 5.92 Å². The van der Waals surface area contributed by atoms with E-state index < -0.39 is 5.60 Å². The summed E-state index contributed by atoms with van der Waals surface area (Å²) in [6.07, 6.45) is 4.16. The van der Waals surface area contributed by atoms with Crippen molar-refractivity contribution < 1.29 is 9.53 Å². The maximum absolute atomic E-state index is 11.8. The van der Waals surface area contributed by atoms with Crippen molar-refractivity contribution in [3.8, 4) is 0 Å². The Morgan fingerprint density at radius 1 is 1.57 bits per heavy atom. The number of piperidine rings is 1. The first-order valence-corrected chi connectivity index (χ1v) is 8.02. The third-order valence-electron chi connectivity index (χ3n) is 3.27. The van der Waals surface area contributed by atoms with E-state index in [1.54, 1.807) is 18.3 Å². The van der Waals surface area contributed by atoms with E-state index in [4.69, 9.17) is 4.74 Å². The van der Waals surface area contributed by atoms with Crippen molar-refractivity contribution in [1.82, 2.24) is 19.6 Å². The van der Waals surface area contributed by atoms with Crippen molar-refractivity contribution in [3.63, 3.8) is 0 Å². The van der Waals surface area contributed by atoms with Crippen LogP contribution in [0.5, 0.6) is 0 Å². The number of nitrogens with zero attached hydrogens (tertiary/aromatic N) is 2. The van der Waals surface area contributed by atoms with Gasteiger partial charge in [0.1, 0.15) is 10.6 Å². The summed E-state index contributed by atoms with van der Waals surface area (Å²) in [5.74, 6) is 0.373. The van der Waals surface area contributed by atoms with E-state index in [1.165, 1.54) is 0 Å². The predicted octanol–water partition coefficient (Wildman–Crippen LogP) is 2.65. The van der Waals surface area contributed by atoms with Crippen LogP contribution in [0.25, 0.3) is 0 Å².